The fourth-order valence-corrected chi connectivity index (χ4v) is 2.68. The molecule has 0 bridgehead atoms. The Morgan fingerprint density at radius 2 is 2.12 bits per heavy atom. The molecule has 2 amide bonds. The van der Waals surface area contributed by atoms with Gasteiger partial charge in [-0.15, -0.1) is 11.3 Å². The Labute approximate surface area is 104 Å². The van der Waals surface area contributed by atoms with E-state index in [1.54, 1.807) is 4.90 Å². The number of amides is 2. The Morgan fingerprint density at radius 1 is 1.24 bits per heavy atom. The molecule has 0 aliphatic carbocycles. The van der Waals surface area contributed by atoms with E-state index in [1.807, 2.05) is 35.7 Å². The van der Waals surface area contributed by atoms with Crippen LogP contribution in [0.15, 0.2) is 41.8 Å². The quantitative estimate of drug-likeness (QED) is 0.819. The van der Waals surface area contributed by atoms with Gasteiger partial charge in [-0.25, -0.2) is 4.79 Å². The van der Waals surface area contributed by atoms with Crippen LogP contribution in [0.25, 0.3) is 0 Å². The molecule has 86 valence electrons. The molecule has 4 heteroatoms. The lowest BCUT2D eigenvalue weighted by molar-refractivity contribution is 0.257. The van der Waals surface area contributed by atoms with Crippen LogP contribution >= 0.6 is 11.3 Å². The number of anilines is 2. The highest BCUT2D eigenvalue weighted by Crippen LogP contribution is 2.28. The van der Waals surface area contributed by atoms with Crippen LogP contribution in [-0.2, 0) is 6.42 Å². The monoisotopic (exact) mass is 244 g/mol. The van der Waals surface area contributed by atoms with Crippen molar-refractivity contribution in [3.8, 4) is 0 Å². The summed E-state index contributed by atoms with van der Waals surface area (Å²) in [7, 11) is 0. The van der Waals surface area contributed by atoms with Gasteiger partial charge in [0.1, 0.15) is 0 Å². The Balaban J connectivity index is 1.80. The van der Waals surface area contributed by atoms with Gasteiger partial charge in [0, 0.05) is 12.2 Å². The molecule has 1 aliphatic heterocycles. The maximum absolute atomic E-state index is 12.1. The Hall–Kier alpha value is -1.81. The molecule has 0 fully saturated rings. The molecule has 1 aliphatic rings. The number of fused-ring (bicyclic) bond motifs is 1. The van der Waals surface area contributed by atoms with Gasteiger partial charge in [0.15, 0.2) is 0 Å². The van der Waals surface area contributed by atoms with Crippen LogP contribution in [0.1, 0.15) is 5.56 Å². The van der Waals surface area contributed by atoms with E-state index in [-0.39, 0.29) is 6.03 Å². The van der Waals surface area contributed by atoms with Gasteiger partial charge in [0.05, 0.1) is 5.00 Å². The molecule has 0 radical (unpaired) electrons. The third-order valence-electron chi connectivity index (χ3n) is 2.88. The summed E-state index contributed by atoms with van der Waals surface area (Å²) in [6, 6.07) is 11.8. The van der Waals surface area contributed by atoms with Gasteiger partial charge in [-0.1, -0.05) is 18.2 Å². The predicted octanol–water partition coefficient (Wildman–Crippen LogP) is 3.34. The number of benzene rings is 1. The first kappa shape index (κ1) is 10.4. The van der Waals surface area contributed by atoms with Crippen molar-refractivity contribution in [1.82, 2.24) is 0 Å². The summed E-state index contributed by atoms with van der Waals surface area (Å²) in [5.41, 5.74) is 2.27. The third kappa shape index (κ3) is 1.91. The zero-order chi connectivity index (χ0) is 11.7. The second kappa shape index (κ2) is 4.22. The molecule has 0 unspecified atom stereocenters. The highest BCUT2D eigenvalue weighted by atomic mass is 32.1. The summed E-state index contributed by atoms with van der Waals surface area (Å²) in [6.45, 7) is 0.760. The van der Waals surface area contributed by atoms with Crippen molar-refractivity contribution >= 4 is 28.1 Å². The van der Waals surface area contributed by atoms with E-state index >= 15 is 0 Å². The summed E-state index contributed by atoms with van der Waals surface area (Å²) in [5.74, 6) is 0. The van der Waals surface area contributed by atoms with E-state index in [1.165, 1.54) is 16.9 Å². The summed E-state index contributed by atoms with van der Waals surface area (Å²) in [5, 5.41) is 5.75. The fraction of sp³-hybridized carbons (Fsp3) is 0.154. The van der Waals surface area contributed by atoms with Crippen LogP contribution in [-0.4, -0.2) is 12.6 Å². The molecule has 3 nitrogen and oxygen atoms in total. The minimum Gasteiger partial charge on any atom is -0.299 e. The number of hydrogen-bond acceptors (Lipinski definition) is 2. The van der Waals surface area contributed by atoms with Crippen molar-refractivity contribution < 1.29 is 4.79 Å². The van der Waals surface area contributed by atoms with Gasteiger partial charge >= 0.3 is 6.03 Å². The molecular formula is C13H12N2OS. The maximum atomic E-state index is 12.1. The average molecular weight is 244 g/mol. The highest BCUT2D eigenvalue weighted by molar-refractivity contribution is 7.14. The van der Waals surface area contributed by atoms with Crippen molar-refractivity contribution in [2.75, 3.05) is 16.8 Å². The molecule has 2 heterocycles. The van der Waals surface area contributed by atoms with Crippen LogP contribution in [0, 0.1) is 0 Å². The van der Waals surface area contributed by atoms with E-state index in [2.05, 4.69) is 11.4 Å². The van der Waals surface area contributed by atoms with E-state index in [9.17, 15) is 4.79 Å². The number of para-hydroxylation sites is 1. The largest absolute Gasteiger partial charge is 0.326 e. The van der Waals surface area contributed by atoms with Gasteiger partial charge in [-0.3, -0.25) is 10.2 Å². The molecule has 0 spiro atoms. The number of hydrogen-bond donors (Lipinski definition) is 1. The first-order valence-electron chi connectivity index (χ1n) is 5.54. The average Bonchev–Trinajstić information content (AvgIpc) is 2.96. The van der Waals surface area contributed by atoms with Crippen LogP contribution in [0.3, 0.4) is 0 Å². The van der Waals surface area contributed by atoms with Crippen LogP contribution in [0.5, 0.6) is 0 Å². The van der Waals surface area contributed by atoms with Crippen molar-refractivity contribution in [2.24, 2.45) is 0 Å². The first-order chi connectivity index (χ1) is 8.34. The minimum atomic E-state index is -0.0441. The molecular weight excluding hydrogens is 232 g/mol. The molecule has 3 rings (SSSR count). The minimum absolute atomic E-state index is 0.0441. The molecule has 0 saturated carbocycles. The van der Waals surface area contributed by atoms with Crippen LogP contribution in [0.2, 0.25) is 0 Å². The summed E-state index contributed by atoms with van der Waals surface area (Å²) in [4.78, 5) is 13.9. The first-order valence-corrected chi connectivity index (χ1v) is 6.42. The van der Waals surface area contributed by atoms with Gasteiger partial charge < -0.3 is 0 Å². The van der Waals surface area contributed by atoms with E-state index < -0.39 is 0 Å². The lowest BCUT2D eigenvalue weighted by Gasteiger charge is -2.17. The number of carbonyl (C=O) groups excluding carboxylic acids is 1. The highest BCUT2D eigenvalue weighted by Gasteiger charge is 2.24. The van der Waals surface area contributed by atoms with Crippen molar-refractivity contribution in [3.05, 3.63) is 47.3 Å². The molecule has 0 atom stereocenters. The molecule has 2 aromatic rings. The number of urea groups is 1. The Bertz CT molecular complexity index is 536. The summed E-state index contributed by atoms with van der Waals surface area (Å²) in [6.07, 6.45) is 0.939. The number of thiophene rings is 1. The number of carbonyl (C=O) groups is 1. The maximum Gasteiger partial charge on any atom is 0.326 e. The third-order valence-corrected chi connectivity index (χ3v) is 3.67. The summed E-state index contributed by atoms with van der Waals surface area (Å²) < 4.78 is 0. The standard InChI is InChI=1S/C13H12N2OS/c16-13(14-12-6-3-9-17-12)15-8-7-10-4-1-2-5-11(10)15/h1-6,9H,7-8H2,(H,14,16). The normalized spacial score (nSPS) is 13.5. The zero-order valence-electron chi connectivity index (χ0n) is 9.22. The Kier molecular flexibility index (Phi) is 2.57. The van der Waals surface area contributed by atoms with E-state index in [0.717, 1.165) is 23.7 Å². The lowest BCUT2D eigenvalue weighted by Crippen LogP contribution is -2.33. The van der Waals surface area contributed by atoms with Crippen LogP contribution in [0.4, 0.5) is 15.5 Å². The second-order valence-electron chi connectivity index (χ2n) is 3.94. The van der Waals surface area contributed by atoms with Crippen LogP contribution < -0.4 is 10.2 Å². The predicted molar refractivity (Wildman–Crippen MR) is 70.8 cm³/mol. The molecule has 17 heavy (non-hydrogen) atoms. The van der Waals surface area contributed by atoms with Gasteiger partial charge in [-0.05, 0) is 35.6 Å². The number of rotatable bonds is 1. The lowest BCUT2D eigenvalue weighted by atomic mass is 10.2. The van der Waals surface area contributed by atoms with E-state index in [0.29, 0.717) is 0 Å². The van der Waals surface area contributed by atoms with Gasteiger partial charge in [-0.2, -0.15) is 0 Å². The van der Waals surface area contributed by atoms with Crippen molar-refractivity contribution in [2.45, 2.75) is 6.42 Å². The summed E-state index contributed by atoms with van der Waals surface area (Å²) >= 11 is 1.53. The molecule has 0 saturated heterocycles. The van der Waals surface area contributed by atoms with Gasteiger partial charge in [0.2, 0.25) is 0 Å². The number of nitrogens with one attached hydrogen (secondary N) is 1. The number of nitrogens with zero attached hydrogens (tertiary/aromatic N) is 1. The second-order valence-corrected chi connectivity index (χ2v) is 4.89. The van der Waals surface area contributed by atoms with E-state index in [4.69, 9.17) is 0 Å². The Morgan fingerprint density at radius 3 is 2.94 bits per heavy atom. The molecule has 1 aromatic carbocycles. The SMILES string of the molecule is O=C(Nc1cccs1)N1CCc2ccccc21. The molecule has 1 N–H and O–H groups in total. The zero-order valence-corrected chi connectivity index (χ0v) is 10.0. The topological polar surface area (TPSA) is 32.3 Å². The molecule has 1 aromatic heterocycles. The smallest absolute Gasteiger partial charge is 0.299 e. The van der Waals surface area contributed by atoms with Crippen molar-refractivity contribution in [1.29, 1.82) is 0 Å². The van der Waals surface area contributed by atoms with Gasteiger partial charge in [0.25, 0.3) is 0 Å². The fourth-order valence-electron chi connectivity index (χ4n) is 2.07. The van der Waals surface area contributed by atoms with Crippen molar-refractivity contribution in [3.63, 3.8) is 0 Å².